The van der Waals surface area contributed by atoms with E-state index in [4.69, 9.17) is 5.10 Å². The number of benzene rings is 2. The normalized spacial score (nSPS) is 18.4. The van der Waals surface area contributed by atoms with Crippen LogP contribution >= 0.6 is 11.3 Å². The molecule has 2 aromatic carbocycles. The fourth-order valence-corrected chi connectivity index (χ4v) is 6.18. The van der Waals surface area contributed by atoms with Gasteiger partial charge in [-0.2, -0.15) is 5.10 Å². The number of rotatable bonds is 7. The maximum atomic E-state index is 11.1. The van der Waals surface area contributed by atoms with Gasteiger partial charge in [0.2, 0.25) is 0 Å². The Morgan fingerprint density at radius 3 is 2.85 bits per heavy atom. The first-order chi connectivity index (χ1) is 16.6. The number of nitrogens with zero attached hydrogens (tertiary/aromatic N) is 2. The molecule has 0 unspecified atom stereocenters. The number of hydrogen-bond acceptors (Lipinski definition) is 3. The molecule has 2 aromatic heterocycles. The van der Waals surface area contributed by atoms with E-state index in [1.807, 2.05) is 12.3 Å². The molecule has 0 saturated heterocycles. The molecule has 4 heteroatoms. The standard InChI is InChI=1S/C30H32N2OS/c1-3-7-24-19-31-32(25-14-12-21(2)13-15-25)28(24)17-22-8-6-9-23(16-22)18-29(33)27-20-34-30-11-5-4-10-26(27)30/h3-5,10-15,17,19-20,23,29,33H,1,6-9,16,18H2,2H3/b22-17-/t23-,29-/m0/s1. The van der Waals surface area contributed by atoms with E-state index in [0.29, 0.717) is 5.92 Å². The zero-order valence-corrected chi connectivity index (χ0v) is 20.6. The molecule has 3 nitrogen and oxygen atoms in total. The highest BCUT2D eigenvalue weighted by molar-refractivity contribution is 7.17. The molecule has 1 aliphatic carbocycles. The first-order valence-corrected chi connectivity index (χ1v) is 13.1. The van der Waals surface area contributed by atoms with E-state index in [2.05, 4.69) is 78.2 Å². The molecule has 1 aliphatic rings. The average molecular weight is 469 g/mol. The molecule has 1 fully saturated rings. The lowest BCUT2D eigenvalue weighted by Crippen LogP contribution is -2.13. The molecule has 0 amide bonds. The number of fused-ring (bicyclic) bond motifs is 1. The van der Waals surface area contributed by atoms with Crippen molar-refractivity contribution in [2.75, 3.05) is 0 Å². The third-order valence-electron chi connectivity index (χ3n) is 6.96. The molecule has 0 spiro atoms. The van der Waals surface area contributed by atoms with Crippen molar-refractivity contribution in [2.45, 2.75) is 51.6 Å². The van der Waals surface area contributed by atoms with Crippen molar-refractivity contribution in [1.29, 1.82) is 0 Å². The van der Waals surface area contributed by atoms with Crippen LogP contribution in [-0.4, -0.2) is 14.9 Å². The summed E-state index contributed by atoms with van der Waals surface area (Å²) in [7, 11) is 0. The van der Waals surface area contributed by atoms with Crippen LogP contribution in [0.15, 0.2) is 78.3 Å². The Labute approximate surface area is 206 Å². The number of allylic oxidation sites excluding steroid dienone is 2. The summed E-state index contributed by atoms with van der Waals surface area (Å²) in [5, 5.41) is 19.1. The second kappa shape index (κ2) is 10.1. The zero-order valence-electron chi connectivity index (χ0n) is 19.8. The molecular formula is C30H32N2OS. The van der Waals surface area contributed by atoms with Gasteiger partial charge in [-0.05, 0) is 92.0 Å². The number of thiophene rings is 1. The van der Waals surface area contributed by atoms with E-state index in [1.165, 1.54) is 39.6 Å². The summed E-state index contributed by atoms with van der Waals surface area (Å²) < 4.78 is 3.31. The fraction of sp³-hybridized carbons (Fsp3) is 0.300. The SMILES string of the molecule is C=CCc1cnn(-c2ccc(C)cc2)c1/C=C1/CCC[C@H](C[C@H](O)c2csc3ccccc23)C1. The van der Waals surface area contributed by atoms with Crippen molar-refractivity contribution in [3.05, 3.63) is 101 Å². The number of aromatic nitrogens is 2. The van der Waals surface area contributed by atoms with Crippen LogP contribution in [0, 0.1) is 12.8 Å². The van der Waals surface area contributed by atoms with E-state index in [-0.39, 0.29) is 0 Å². The van der Waals surface area contributed by atoms with Crippen LogP contribution < -0.4 is 0 Å². The molecular weight excluding hydrogens is 436 g/mol. The molecule has 0 aliphatic heterocycles. The average Bonchev–Trinajstić information content (AvgIpc) is 3.45. The van der Waals surface area contributed by atoms with Crippen molar-refractivity contribution < 1.29 is 5.11 Å². The first-order valence-electron chi connectivity index (χ1n) is 12.2. The Morgan fingerprint density at radius 1 is 1.21 bits per heavy atom. The first kappa shape index (κ1) is 22.8. The van der Waals surface area contributed by atoms with Gasteiger partial charge in [-0.15, -0.1) is 17.9 Å². The number of aryl methyl sites for hydroxylation is 1. The minimum atomic E-state index is -0.407. The molecule has 2 atom stereocenters. The van der Waals surface area contributed by atoms with Gasteiger partial charge in [0.05, 0.1) is 23.7 Å². The summed E-state index contributed by atoms with van der Waals surface area (Å²) in [6.45, 7) is 6.05. The third-order valence-corrected chi connectivity index (χ3v) is 7.94. The number of aliphatic hydroxyl groups excluding tert-OH is 1. The second-order valence-corrected chi connectivity index (χ2v) is 10.4. The van der Waals surface area contributed by atoms with Crippen molar-refractivity contribution in [3.63, 3.8) is 0 Å². The fourth-order valence-electron chi connectivity index (χ4n) is 5.17. The molecule has 34 heavy (non-hydrogen) atoms. The van der Waals surface area contributed by atoms with E-state index in [9.17, 15) is 5.11 Å². The van der Waals surface area contributed by atoms with Gasteiger partial charge in [-0.3, -0.25) is 0 Å². The van der Waals surface area contributed by atoms with Gasteiger partial charge in [0.1, 0.15) is 0 Å². The van der Waals surface area contributed by atoms with Crippen LogP contribution in [0.1, 0.15) is 60.6 Å². The van der Waals surface area contributed by atoms with Crippen LogP contribution in [0.4, 0.5) is 0 Å². The summed E-state index contributed by atoms with van der Waals surface area (Å²) in [5.41, 5.74) is 7.23. The Hall–Kier alpha value is -2.95. The molecule has 0 radical (unpaired) electrons. The lowest BCUT2D eigenvalue weighted by molar-refractivity contribution is 0.139. The van der Waals surface area contributed by atoms with Crippen LogP contribution in [0.5, 0.6) is 0 Å². The zero-order chi connectivity index (χ0) is 23.5. The van der Waals surface area contributed by atoms with Crippen LogP contribution in [0.25, 0.3) is 21.8 Å². The van der Waals surface area contributed by atoms with Gasteiger partial charge >= 0.3 is 0 Å². The molecule has 5 rings (SSSR count). The van der Waals surface area contributed by atoms with Gasteiger partial charge in [0, 0.05) is 10.3 Å². The van der Waals surface area contributed by atoms with E-state index < -0.39 is 6.10 Å². The quantitative estimate of drug-likeness (QED) is 0.281. The second-order valence-electron chi connectivity index (χ2n) is 9.50. The minimum Gasteiger partial charge on any atom is -0.388 e. The maximum Gasteiger partial charge on any atom is 0.0806 e. The monoisotopic (exact) mass is 468 g/mol. The van der Waals surface area contributed by atoms with E-state index in [0.717, 1.165) is 42.6 Å². The highest BCUT2D eigenvalue weighted by atomic mass is 32.1. The molecule has 2 heterocycles. The molecule has 4 aromatic rings. The van der Waals surface area contributed by atoms with Gasteiger partial charge < -0.3 is 5.11 Å². The van der Waals surface area contributed by atoms with Crippen LogP contribution in [0.2, 0.25) is 0 Å². The number of aliphatic hydroxyl groups is 1. The smallest absolute Gasteiger partial charge is 0.0806 e. The molecule has 174 valence electrons. The summed E-state index contributed by atoms with van der Waals surface area (Å²) in [6.07, 6.45) is 12.0. The minimum absolute atomic E-state index is 0.407. The third kappa shape index (κ3) is 4.79. The van der Waals surface area contributed by atoms with Crippen LogP contribution in [-0.2, 0) is 6.42 Å². The summed E-state index contributed by atoms with van der Waals surface area (Å²) in [5.74, 6) is 0.493. The van der Waals surface area contributed by atoms with Crippen LogP contribution in [0.3, 0.4) is 0 Å². The predicted molar refractivity (Wildman–Crippen MR) is 144 cm³/mol. The lowest BCUT2D eigenvalue weighted by Gasteiger charge is -2.26. The Bertz CT molecular complexity index is 1310. The van der Waals surface area contributed by atoms with Crippen molar-refractivity contribution in [3.8, 4) is 5.69 Å². The predicted octanol–water partition coefficient (Wildman–Crippen LogP) is 7.82. The van der Waals surface area contributed by atoms with Gasteiger partial charge in [0.25, 0.3) is 0 Å². The lowest BCUT2D eigenvalue weighted by atomic mass is 9.81. The molecule has 1 N–H and O–H groups in total. The highest BCUT2D eigenvalue weighted by Gasteiger charge is 2.23. The van der Waals surface area contributed by atoms with Crippen molar-refractivity contribution in [1.82, 2.24) is 9.78 Å². The summed E-state index contributed by atoms with van der Waals surface area (Å²) in [4.78, 5) is 0. The van der Waals surface area contributed by atoms with Crippen molar-refractivity contribution in [2.24, 2.45) is 5.92 Å². The molecule has 1 saturated carbocycles. The summed E-state index contributed by atoms with van der Waals surface area (Å²) in [6, 6.07) is 16.9. The Kier molecular flexibility index (Phi) is 6.80. The van der Waals surface area contributed by atoms with E-state index in [1.54, 1.807) is 11.3 Å². The highest BCUT2D eigenvalue weighted by Crippen LogP contribution is 2.39. The van der Waals surface area contributed by atoms with Crippen molar-refractivity contribution >= 4 is 27.5 Å². The Balaban J connectivity index is 1.37. The molecule has 0 bridgehead atoms. The van der Waals surface area contributed by atoms with Gasteiger partial charge in [-0.25, -0.2) is 4.68 Å². The number of hydrogen-bond donors (Lipinski definition) is 1. The topological polar surface area (TPSA) is 38.0 Å². The largest absolute Gasteiger partial charge is 0.388 e. The Morgan fingerprint density at radius 2 is 2.03 bits per heavy atom. The summed E-state index contributed by atoms with van der Waals surface area (Å²) >= 11 is 1.72. The van der Waals surface area contributed by atoms with Gasteiger partial charge in [0.15, 0.2) is 0 Å². The van der Waals surface area contributed by atoms with Gasteiger partial charge in [-0.1, -0.05) is 47.5 Å². The van der Waals surface area contributed by atoms with E-state index >= 15 is 0 Å². The maximum absolute atomic E-state index is 11.1.